The molecule has 0 unspecified atom stereocenters. The van der Waals surface area contributed by atoms with Crippen LogP contribution in [-0.4, -0.2) is 33.0 Å². The quantitative estimate of drug-likeness (QED) is 0.790. The lowest BCUT2D eigenvalue weighted by Gasteiger charge is -2.28. The van der Waals surface area contributed by atoms with E-state index < -0.39 is 5.97 Å². The lowest BCUT2D eigenvalue weighted by atomic mass is 10.0. The van der Waals surface area contributed by atoms with E-state index in [0.29, 0.717) is 25.1 Å². The zero-order valence-electron chi connectivity index (χ0n) is 14.6. The molecule has 4 rings (SSSR count). The lowest BCUT2D eigenvalue weighted by molar-refractivity contribution is -0.137. The molecule has 3 aromatic rings. The molecule has 0 bridgehead atoms. The predicted molar refractivity (Wildman–Crippen MR) is 99.2 cm³/mol. The van der Waals surface area contributed by atoms with Crippen LogP contribution in [0.5, 0.6) is 0 Å². The van der Waals surface area contributed by atoms with Gasteiger partial charge in [-0.1, -0.05) is 30.3 Å². The molecule has 0 saturated heterocycles. The molecule has 1 N–H and O–H groups in total. The number of carbonyl (C=O) groups excluding carboxylic acids is 1. The van der Waals surface area contributed by atoms with Crippen molar-refractivity contribution < 1.29 is 14.7 Å². The summed E-state index contributed by atoms with van der Waals surface area (Å²) in [6.07, 6.45) is 0.662. The monoisotopic (exact) mass is 348 g/mol. The second kappa shape index (κ2) is 6.33. The highest BCUT2D eigenvalue weighted by Crippen LogP contribution is 2.32. The number of hydrogen-bond acceptors (Lipinski definition) is 2. The number of amides is 1. The Morgan fingerprint density at radius 1 is 1.12 bits per heavy atom. The fourth-order valence-electron chi connectivity index (χ4n) is 3.81. The maximum Gasteiger partial charge on any atom is 0.323 e. The summed E-state index contributed by atoms with van der Waals surface area (Å²) in [5.41, 5.74) is 4.81. The molecule has 0 spiro atoms. The standard InChI is InChI=1S/C21H20N2O3/c1-14-7-8-16-17-12-22(21(26)15-5-3-2-4-6-15)10-9-18(17)23(13-20(24)25)19(16)11-14/h2-8,11H,9-10,12-13H2,1H3,(H,24,25). The van der Waals surface area contributed by atoms with Gasteiger partial charge in [0.25, 0.3) is 5.91 Å². The summed E-state index contributed by atoms with van der Waals surface area (Å²) in [4.78, 5) is 26.0. The Balaban J connectivity index is 1.76. The van der Waals surface area contributed by atoms with Crippen LogP contribution < -0.4 is 0 Å². The fraction of sp³-hybridized carbons (Fsp3) is 0.238. The van der Waals surface area contributed by atoms with Crippen molar-refractivity contribution in [3.63, 3.8) is 0 Å². The van der Waals surface area contributed by atoms with Crippen LogP contribution in [0.15, 0.2) is 48.5 Å². The molecule has 0 fully saturated rings. The highest BCUT2D eigenvalue weighted by molar-refractivity contribution is 5.95. The molecule has 1 aromatic heterocycles. The van der Waals surface area contributed by atoms with E-state index in [0.717, 1.165) is 27.7 Å². The predicted octanol–water partition coefficient (Wildman–Crippen LogP) is 3.23. The van der Waals surface area contributed by atoms with Crippen LogP contribution in [-0.2, 0) is 24.3 Å². The van der Waals surface area contributed by atoms with E-state index >= 15 is 0 Å². The van der Waals surface area contributed by atoms with E-state index in [1.165, 1.54) is 0 Å². The molecule has 132 valence electrons. The number of benzene rings is 2. The number of aliphatic carboxylic acids is 1. The third kappa shape index (κ3) is 2.75. The number of aromatic nitrogens is 1. The smallest absolute Gasteiger partial charge is 0.323 e. The number of hydrogen-bond donors (Lipinski definition) is 1. The van der Waals surface area contributed by atoms with Crippen LogP contribution in [0.25, 0.3) is 10.9 Å². The van der Waals surface area contributed by atoms with Crippen LogP contribution in [0.3, 0.4) is 0 Å². The van der Waals surface area contributed by atoms with Gasteiger partial charge in [-0.15, -0.1) is 0 Å². The Morgan fingerprint density at radius 3 is 2.62 bits per heavy atom. The Bertz CT molecular complexity index is 1010. The first kappa shape index (κ1) is 16.4. The normalized spacial score (nSPS) is 13.7. The Morgan fingerprint density at radius 2 is 1.88 bits per heavy atom. The van der Waals surface area contributed by atoms with Crippen molar-refractivity contribution in [1.29, 1.82) is 0 Å². The fourth-order valence-corrected chi connectivity index (χ4v) is 3.81. The second-order valence-corrected chi connectivity index (χ2v) is 6.77. The molecule has 0 saturated carbocycles. The lowest BCUT2D eigenvalue weighted by Crippen LogP contribution is -2.36. The van der Waals surface area contributed by atoms with Crippen molar-refractivity contribution in [3.8, 4) is 0 Å². The van der Waals surface area contributed by atoms with Gasteiger partial charge >= 0.3 is 5.97 Å². The molecule has 26 heavy (non-hydrogen) atoms. The summed E-state index contributed by atoms with van der Waals surface area (Å²) in [6.45, 7) is 3.05. The van der Waals surface area contributed by atoms with Crippen molar-refractivity contribution in [3.05, 3.63) is 70.9 Å². The molecule has 2 aromatic carbocycles. The highest BCUT2D eigenvalue weighted by atomic mass is 16.4. The first-order valence-electron chi connectivity index (χ1n) is 8.71. The number of fused-ring (bicyclic) bond motifs is 3. The summed E-state index contributed by atoms with van der Waals surface area (Å²) < 4.78 is 1.89. The summed E-state index contributed by atoms with van der Waals surface area (Å²) in [5, 5.41) is 10.4. The van der Waals surface area contributed by atoms with Crippen molar-refractivity contribution in [2.75, 3.05) is 6.54 Å². The van der Waals surface area contributed by atoms with Crippen molar-refractivity contribution in [1.82, 2.24) is 9.47 Å². The van der Waals surface area contributed by atoms with Gasteiger partial charge in [0.1, 0.15) is 6.54 Å². The largest absolute Gasteiger partial charge is 0.480 e. The molecule has 0 radical (unpaired) electrons. The van der Waals surface area contributed by atoms with Gasteiger partial charge in [0, 0.05) is 47.2 Å². The zero-order valence-corrected chi connectivity index (χ0v) is 14.6. The van der Waals surface area contributed by atoms with Gasteiger partial charge in [-0.25, -0.2) is 0 Å². The number of carboxylic acids is 1. The summed E-state index contributed by atoms with van der Waals surface area (Å²) >= 11 is 0. The van der Waals surface area contributed by atoms with Gasteiger partial charge in [0.2, 0.25) is 0 Å². The molecule has 1 aliphatic heterocycles. The minimum Gasteiger partial charge on any atom is -0.480 e. The summed E-state index contributed by atoms with van der Waals surface area (Å²) in [7, 11) is 0. The third-order valence-corrected chi connectivity index (χ3v) is 5.01. The van der Waals surface area contributed by atoms with E-state index in [4.69, 9.17) is 0 Å². The van der Waals surface area contributed by atoms with Gasteiger partial charge in [0.05, 0.1) is 0 Å². The SMILES string of the molecule is Cc1ccc2c3c(n(CC(=O)O)c2c1)CCN(C(=O)c1ccccc1)C3. The van der Waals surface area contributed by atoms with Gasteiger partial charge in [-0.2, -0.15) is 0 Å². The van der Waals surface area contributed by atoms with Gasteiger partial charge < -0.3 is 14.6 Å². The van der Waals surface area contributed by atoms with E-state index in [1.54, 1.807) is 0 Å². The van der Waals surface area contributed by atoms with Crippen molar-refractivity contribution in [2.24, 2.45) is 0 Å². The Hall–Kier alpha value is -3.08. The van der Waals surface area contributed by atoms with Gasteiger partial charge in [-0.3, -0.25) is 9.59 Å². The van der Waals surface area contributed by atoms with Gasteiger partial charge in [0.15, 0.2) is 0 Å². The van der Waals surface area contributed by atoms with E-state index in [-0.39, 0.29) is 12.5 Å². The average molecular weight is 348 g/mol. The van der Waals surface area contributed by atoms with E-state index in [1.807, 2.05) is 64.9 Å². The minimum atomic E-state index is -0.853. The molecule has 0 atom stereocenters. The van der Waals surface area contributed by atoms with Crippen LogP contribution in [0.2, 0.25) is 0 Å². The van der Waals surface area contributed by atoms with Crippen LogP contribution >= 0.6 is 0 Å². The third-order valence-electron chi connectivity index (χ3n) is 5.01. The topological polar surface area (TPSA) is 62.5 Å². The molecule has 5 heteroatoms. The minimum absolute atomic E-state index is 0.0162. The summed E-state index contributed by atoms with van der Waals surface area (Å²) in [6, 6.07) is 15.4. The second-order valence-electron chi connectivity index (χ2n) is 6.77. The number of carboxylic acid groups (broad SMARTS) is 1. The van der Waals surface area contributed by atoms with Crippen LogP contribution in [0, 0.1) is 6.92 Å². The molecular formula is C21H20N2O3. The zero-order chi connectivity index (χ0) is 18.3. The Labute approximate surface area is 151 Å². The molecular weight excluding hydrogens is 328 g/mol. The average Bonchev–Trinajstić information content (AvgIpc) is 2.94. The van der Waals surface area contributed by atoms with E-state index in [2.05, 4.69) is 0 Å². The number of aryl methyl sites for hydroxylation is 1. The molecule has 1 aliphatic rings. The van der Waals surface area contributed by atoms with Gasteiger partial charge in [-0.05, 0) is 30.7 Å². The molecule has 0 aliphatic carbocycles. The molecule has 5 nitrogen and oxygen atoms in total. The number of carbonyl (C=O) groups is 2. The van der Waals surface area contributed by atoms with Crippen molar-refractivity contribution in [2.45, 2.75) is 26.4 Å². The maximum atomic E-state index is 12.8. The van der Waals surface area contributed by atoms with Crippen LogP contribution in [0.1, 0.15) is 27.2 Å². The summed E-state index contributed by atoms with van der Waals surface area (Å²) in [5.74, 6) is -0.837. The Kier molecular flexibility index (Phi) is 3.99. The van der Waals surface area contributed by atoms with Crippen molar-refractivity contribution >= 4 is 22.8 Å². The first-order chi connectivity index (χ1) is 12.5. The van der Waals surface area contributed by atoms with Crippen LogP contribution in [0.4, 0.5) is 0 Å². The number of nitrogens with zero attached hydrogens (tertiary/aromatic N) is 2. The maximum absolute atomic E-state index is 12.8. The highest BCUT2D eigenvalue weighted by Gasteiger charge is 2.27. The molecule has 2 heterocycles. The number of rotatable bonds is 3. The van der Waals surface area contributed by atoms with E-state index in [9.17, 15) is 14.7 Å². The first-order valence-corrected chi connectivity index (χ1v) is 8.71. The molecule has 1 amide bonds.